The average Bonchev–Trinajstić information content (AvgIpc) is 2.17. The summed E-state index contributed by atoms with van der Waals surface area (Å²) in [6.45, 7) is 1.31. The SMILES string of the molecule is CS(=O)(=O)CCNCCc1ccncc1. The van der Waals surface area contributed by atoms with Crippen LogP contribution in [0.4, 0.5) is 0 Å². The second-order valence-corrected chi connectivity index (χ2v) is 5.75. The van der Waals surface area contributed by atoms with E-state index in [9.17, 15) is 8.42 Å². The summed E-state index contributed by atoms with van der Waals surface area (Å²) in [4.78, 5) is 3.92. The van der Waals surface area contributed by atoms with Gasteiger partial charge in [-0.15, -0.1) is 0 Å². The molecule has 0 unspecified atom stereocenters. The Morgan fingerprint density at radius 2 is 1.93 bits per heavy atom. The second kappa shape index (κ2) is 5.82. The molecule has 0 bridgehead atoms. The van der Waals surface area contributed by atoms with Gasteiger partial charge in [-0.25, -0.2) is 8.42 Å². The van der Waals surface area contributed by atoms with E-state index >= 15 is 0 Å². The van der Waals surface area contributed by atoms with Gasteiger partial charge in [-0.05, 0) is 30.7 Å². The van der Waals surface area contributed by atoms with E-state index in [1.807, 2.05) is 12.1 Å². The molecule has 1 aromatic heterocycles. The Labute approximate surface area is 90.7 Å². The van der Waals surface area contributed by atoms with Crippen molar-refractivity contribution in [2.75, 3.05) is 25.1 Å². The zero-order valence-corrected chi connectivity index (χ0v) is 9.63. The monoisotopic (exact) mass is 228 g/mol. The van der Waals surface area contributed by atoms with Crippen LogP contribution in [0.1, 0.15) is 5.56 Å². The van der Waals surface area contributed by atoms with Gasteiger partial charge in [-0.3, -0.25) is 4.98 Å². The Hall–Kier alpha value is -0.940. The molecule has 0 amide bonds. The maximum Gasteiger partial charge on any atom is 0.148 e. The molecule has 1 N–H and O–H groups in total. The molecule has 0 fully saturated rings. The lowest BCUT2D eigenvalue weighted by atomic mass is 10.2. The number of sulfone groups is 1. The van der Waals surface area contributed by atoms with Gasteiger partial charge in [0.2, 0.25) is 0 Å². The molecule has 15 heavy (non-hydrogen) atoms. The summed E-state index contributed by atoms with van der Waals surface area (Å²) in [7, 11) is -2.84. The van der Waals surface area contributed by atoms with Gasteiger partial charge in [0.05, 0.1) is 5.75 Å². The number of nitrogens with one attached hydrogen (secondary N) is 1. The fourth-order valence-corrected chi connectivity index (χ4v) is 1.68. The minimum absolute atomic E-state index is 0.198. The zero-order valence-electron chi connectivity index (χ0n) is 8.81. The van der Waals surface area contributed by atoms with Crippen LogP contribution in [0.2, 0.25) is 0 Å². The van der Waals surface area contributed by atoms with Crippen LogP contribution in [0, 0.1) is 0 Å². The molecule has 0 aromatic carbocycles. The third kappa shape index (κ3) is 6.19. The fourth-order valence-electron chi connectivity index (χ4n) is 1.16. The molecule has 1 rings (SSSR count). The van der Waals surface area contributed by atoms with Gasteiger partial charge in [0, 0.05) is 25.2 Å². The topological polar surface area (TPSA) is 59.1 Å². The van der Waals surface area contributed by atoms with Gasteiger partial charge in [0.1, 0.15) is 9.84 Å². The Balaban J connectivity index is 2.13. The van der Waals surface area contributed by atoms with E-state index in [0.717, 1.165) is 13.0 Å². The van der Waals surface area contributed by atoms with Crippen molar-refractivity contribution in [2.45, 2.75) is 6.42 Å². The van der Waals surface area contributed by atoms with E-state index in [4.69, 9.17) is 0 Å². The van der Waals surface area contributed by atoms with Crippen molar-refractivity contribution >= 4 is 9.84 Å². The van der Waals surface area contributed by atoms with Crippen LogP contribution in [0.3, 0.4) is 0 Å². The van der Waals surface area contributed by atoms with Crippen molar-refractivity contribution in [1.82, 2.24) is 10.3 Å². The van der Waals surface area contributed by atoms with E-state index in [2.05, 4.69) is 10.3 Å². The molecule has 0 aliphatic rings. The molecule has 0 radical (unpaired) electrons. The highest BCUT2D eigenvalue weighted by molar-refractivity contribution is 7.90. The Bertz CT molecular complexity index is 376. The van der Waals surface area contributed by atoms with E-state index in [0.29, 0.717) is 6.54 Å². The van der Waals surface area contributed by atoms with Crippen molar-refractivity contribution in [3.05, 3.63) is 30.1 Å². The summed E-state index contributed by atoms with van der Waals surface area (Å²) >= 11 is 0. The molecule has 0 spiro atoms. The lowest BCUT2D eigenvalue weighted by Gasteiger charge is -2.03. The summed E-state index contributed by atoms with van der Waals surface area (Å²) in [5.74, 6) is 0.198. The van der Waals surface area contributed by atoms with Crippen LogP contribution in [0.5, 0.6) is 0 Å². The first kappa shape index (κ1) is 12.1. The van der Waals surface area contributed by atoms with Crippen molar-refractivity contribution in [3.8, 4) is 0 Å². The van der Waals surface area contributed by atoms with Crippen LogP contribution < -0.4 is 5.32 Å². The standard InChI is InChI=1S/C10H16N2O2S/c1-15(13,14)9-8-12-7-4-10-2-5-11-6-3-10/h2-3,5-6,12H,4,7-9H2,1H3. The lowest BCUT2D eigenvalue weighted by Crippen LogP contribution is -2.24. The highest BCUT2D eigenvalue weighted by Crippen LogP contribution is 1.95. The quantitative estimate of drug-likeness (QED) is 0.709. The largest absolute Gasteiger partial charge is 0.315 e. The van der Waals surface area contributed by atoms with E-state index in [-0.39, 0.29) is 5.75 Å². The molecule has 5 heteroatoms. The van der Waals surface area contributed by atoms with Gasteiger partial charge in [0.25, 0.3) is 0 Å². The van der Waals surface area contributed by atoms with Gasteiger partial charge in [0.15, 0.2) is 0 Å². The van der Waals surface area contributed by atoms with Crippen molar-refractivity contribution in [1.29, 1.82) is 0 Å². The molecule has 0 atom stereocenters. The minimum Gasteiger partial charge on any atom is -0.315 e. The smallest absolute Gasteiger partial charge is 0.148 e. The molecule has 1 aromatic rings. The highest BCUT2D eigenvalue weighted by atomic mass is 32.2. The summed E-state index contributed by atoms with van der Waals surface area (Å²) in [6.07, 6.45) is 5.65. The molecule has 0 saturated carbocycles. The van der Waals surface area contributed by atoms with Crippen LogP contribution in [-0.4, -0.2) is 38.5 Å². The van der Waals surface area contributed by atoms with E-state index in [1.165, 1.54) is 11.8 Å². The van der Waals surface area contributed by atoms with Crippen LogP contribution >= 0.6 is 0 Å². The first-order valence-corrected chi connectivity index (χ1v) is 6.91. The zero-order chi connectivity index (χ0) is 11.1. The Kier molecular flexibility index (Phi) is 4.71. The lowest BCUT2D eigenvalue weighted by molar-refractivity contribution is 0.596. The predicted molar refractivity (Wildman–Crippen MR) is 60.5 cm³/mol. The summed E-state index contributed by atoms with van der Waals surface area (Å²) in [5.41, 5.74) is 1.21. The first-order valence-electron chi connectivity index (χ1n) is 4.85. The molecule has 1 heterocycles. The maximum absolute atomic E-state index is 10.8. The third-order valence-electron chi connectivity index (χ3n) is 1.99. The predicted octanol–water partition coefficient (Wildman–Crippen LogP) is 0.258. The number of aromatic nitrogens is 1. The van der Waals surface area contributed by atoms with Gasteiger partial charge < -0.3 is 5.32 Å². The number of pyridine rings is 1. The number of rotatable bonds is 6. The molecule has 4 nitrogen and oxygen atoms in total. The number of hydrogen-bond acceptors (Lipinski definition) is 4. The molecule has 0 aliphatic carbocycles. The second-order valence-electron chi connectivity index (χ2n) is 3.49. The maximum atomic E-state index is 10.8. The van der Waals surface area contributed by atoms with Crippen molar-refractivity contribution < 1.29 is 8.42 Å². The number of nitrogens with zero attached hydrogens (tertiary/aromatic N) is 1. The van der Waals surface area contributed by atoms with Gasteiger partial charge in [-0.1, -0.05) is 0 Å². The molecular weight excluding hydrogens is 212 g/mol. The molecule has 0 saturated heterocycles. The molecular formula is C10H16N2O2S. The van der Waals surface area contributed by atoms with E-state index < -0.39 is 9.84 Å². The van der Waals surface area contributed by atoms with Gasteiger partial charge >= 0.3 is 0 Å². The van der Waals surface area contributed by atoms with Gasteiger partial charge in [-0.2, -0.15) is 0 Å². The van der Waals surface area contributed by atoms with Crippen molar-refractivity contribution in [3.63, 3.8) is 0 Å². The average molecular weight is 228 g/mol. The third-order valence-corrected chi connectivity index (χ3v) is 2.94. The molecule has 84 valence electrons. The highest BCUT2D eigenvalue weighted by Gasteiger charge is 2.00. The summed E-state index contributed by atoms with van der Waals surface area (Å²) in [5, 5.41) is 3.09. The fraction of sp³-hybridized carbons (Fsp3) is 0.500. The van der Waals surface area contributed by atoms with E-state index in [1.54, 1.807) is 12.4 Å². The van der Waals surface area contributed by atoms with Crippen LogP contribution in [-0.2, 0) is 16.3 Å². The summed E-state index contributed by atoms with van der Waals surface area (Å²) in [6, 6.07) is 3.91. The molecule has 0 aliphatic heterocycles. The number of hydrogen-bond donors (Lipinski definition) is 1. The van der Waals surface area contributed by atoms with Crippen molar-refractivity contribution in [2.24, 2.45) is 0 Å². The Morgan fingerprint density at radius 1 is 1.27 bits per heavy atom. The summed E-state index contributed by atoms with van der Waals surface area (Å²) < 4.78 is 21.6. The van der Waals surface area contributed by atoms with Crippen LogP contribution in [0.25, 0.3) is 0 Å². The van der Waals surface area contributed by atoms with Crippen LogP contribution in [0.15, 0.2) is 24.5 Å². The Morgan fingerprint density at radius 3 is 2.53 bits per heavy atom. The normalized spacial score (nSPS) is 11.5. The minimum atomic E-state index is -2.84. The first-order chi connectivity index (χ1) is 7.08.